The third-order valence-electron chi connectivity index (χ3n) is 3.79. The number of amides is 1. The molecule has 1 unspecified atom stereocenters. The minimum atomic E-state index is -4.78. The first kappa shape index (κ1) is 19.0. The molecule has 1 aromatic heterocycles. The Kier molecular flexibility index (Phi) is 5.84. The van der Waals surface area contributed by atoms with Gasteiger partial charge in [0.15, 0.2) is 11.5 Å². The molecule has 1 atom stereocenters. The molecule has 1 aliphatic rings. The number of carbonyl (C=O) groups is 1. The summed E-state index contributed by atoms with van der Waals surface area (Å²) in [5, 5.41) is 6.42. The number of hydrogen-bond acceptors (Lipinski definition) is 6. The van der Waals surface area contributed by atoms with Crippen LogP contribution in [0.25, 0.3) is 0 Å². The molecule has 0 bridgehead atoms. The number of hydrogen-bond donors (Lipinski definition) is 1. The Morgan fingerprint density at radius 3 is 2.85 bits per heavy atom. The lowest BCUT2D eigenvalue weighted by atomic mass is 10.1. The monoisotopic (exact) mass is 386 g/mol. The third-order valence-corrected chi connectivity index (χ3v) is 3.79. The van der Waals surface area contributed by atoms with Gasteiger partial charge in [0.2, 0.25) is 0 Å². The van der Waals surface area contributed by atoms with E-state index in [1.165, 1.54) is 18.2 Å². The van der Waals surface area contributed by atoms with E-state index in [0.717, 1.165) is 18.6 Å². The maximum Gasteiger partial charge on any atom is 0.573 e. The highest BCUT2D eigenvalue weighted by molar-refractivity contribution is 5.92. The standard InChI is InChI=1S/C17H17F3N2O5/c18-17(19,20)26-13-3-1-2-12(6-13)25-10-14-7-15(22-27-14)16(23)21-8-11-4-5-24-9-11/h1-3,6-7,11H,4-5,8-10H2,(H,21,23). The second-order valence-corrected chi connectivity index (χ2v) is 5.93. The van der Waals surface area contributed by atoms with E-state index in [4.69, 9.17) is 14.0 Å². The smallest absolute Gasteiger partial charge is 0.485 e. The van der Waals surface area contributed by atoms with Crippen LogP contribution in [0.5, 0.6) is 11.5 Å². The molecule has 27 heavy (non-hydrogen) atoms. The molecule has 7 nitrogen and oxygen atoms in total. The van der Waals surface area contributed by atoms with Crippen molar-refractivity contribution in [3.8, 4) is 11.5 Å². The molecule has 146 valence electrons. The summed E-state index contributed by atoms with van der Waals surface area (Å²) in [6.07, 6.45) is -3.88. The SMILES string of the molecule is O=C(NCC1CCOC1)c1cc(COc2cccc(OC(F)(F)F)c2)on1. The molecule has 3 rings (SSSR count). The number of aromatic nitrogens is 1. The first-order valence-corrected chi connectivity index (χ1v) is 8.19. The Morgan fingerprint density at radius 1 is 1.30 bits per heavy atom. The summed E-state index contributed by atoms with van der Waals surface area (Å²) in [5.41, 5.74) is 0.0988. The van der Waals surface area contributed by atoms with Gasteiger partial charge in [0.25, 0.3) is 5.91 Å². The molecule has 1 N–H and O–H groups in total. The van der Waals surface area contributed by atoms with Gasteiger partial charge in [-0.2, -0.15) is 0 Å². The molecule has 0 aliphatic carbocycles. The number of carbonyl (C=O) groups excluding carboxylic acids is 1. The molecule has 1 saturated heterocycles. The van der Waals surface area contributed by atoms with E-state index < -0.39 is 12.1 Å². The molecule has 10 heteroatoms. The van der Waals surface area contributed by atoms with Crippen LogP contribution in [0.1, 0.15) is 22.7 Å². The average molecular weight is 386 g/mol. The Morgan fingerprint density at radius 2 is 2.11 bits per heavy atom. The summed E-state index contributed by atoms with van der Waals surface area (Å²) < 4.78 is 56.1. The molecule has 2 heterocycles. The van der Waals surface area contributed by atoms with E-state index in [1.807, 2.05) is 0 Å². The van der Waals surface area contributed by atoms with Crippen molar-refractivity contribution in [3.05, 3.63) is 41.8 Å². The van der Waals surface area contributed by atoms with Crippen molar-refractivity contribution in [1.29, 1.82) is 0 Å². The highest BCUT2D eigenvalue weighted by Crippen LogP contribution is 2.26. The molecule has 0 radical (unpaired) electrons. The van der Waals surface area contributed by atoms with Gasteiger partial charge in [-0.05, 0) is 18.6 Å². The van der Waals surface area contributed by atoms with Gasteiger partial charge in [0, 0.05) is 31.2 Å². The fourth-order valence-corrected chi connectivity index (χ4v) is 2.48. The highest BCUT2D eigenvalue weighted by Gasteiger charge is 2.31. The van der Waals surface area contributed by atoms with Crippen LogP contribution < -0.4 is 14.8 Å². The first-order chi connectivity index (χ1) is 12.9. The van der Waals surface area contributed by atoms with Gasteiger partial charge in [0.1, 0.15) is 18.1 Å². The minimum absolute atomic E-state index is 0.0988. The van der Waals surface area contributed by atoms with Crippen LogP contribution >= 0.6 is 0 Å². The van der Waals surface area contributed by atoms with E-state index in [9.17, 15) is 18.0 Å². The number of benzene rings is 1. The second-order valence-electron chi connectivity index (χ2n) is 5.93. The number of rotatable bonds is 7. The number of nitrogens with zero attached hydrogens (tertiary/aromatic N) is 1. The lowest BCUT2D eigenvalue weighted by Crippen LogP contribution is -2.29. The van der Waals surface area contributed by atoms with Gasteiger partial charge < -0.3 is 24.1 Å². The van der Waals surface area contributed by atoms with Gasteiger partial charge >= 0.3 is 6.36 Å². The number of ether oxygens (including phenoxy) is 3. The van der Waals surface area contributed by atoms with Crippen LogP contribution in [0, 0.1) is 5.92 Å². The van der Waals surface area contributed by atoms with Crippen LogP contribution in [-0.4, -0.2) is 37.2 Å². The van der Waals surface area contributed by atoms with Crippen molar-refractivity contribution in [2.45, 2.75) is 19.4 Å². The Labute approximate surface area is 152 Å². The number of alkyl halides is 3. The summed E-state index contributed by atoms with van der Waals surface area (Å²) in [6.45, 7) is 1.70. The van der Waals surface area contributed by atoms with Crippen molar-refractivity contribution in [1.82, 2.24) is 10.5 Å². The maximum absolute atomic E-state index is 12.2. The van der Waals surface area contributed by atoms with Crippen molar-refractivity contribution >= 4 is 5.91 Å². The van der Waals surface area contributed by atoms with Gasteiger partial charge in [-0.15, -0.1) is 13.2 Å². The molecule has 1 aliphatic heterocycles. The zero-order chi connectivity index (χ0) is 19.3. The summed E-state index contributed by atoms with van der Waals surface area (Å²) in [6, 6.07) is 6.50. The quantitative estimate of drug-likeness (QED) is 0.788. The van der Waals surface area contributed by atoms with E-state index in [2.05, 4.69) is 15.2 Å². The molecule has 0 saturated carbocycles. The van der Waals surface area contributed by atoms with Crippen molar-refractivity contribution in [3.63, 3.8) is 0 Å². The topological polar surface area (TPSA) is 82.8 Å². The predicted octanol–water partition coefficient (Wildman–Crippen LogP) is 2.92. The Balaban J connectivity index is 1.50. The average Bonchev–Trinajstić information content (AvgIpc) is 3.28. The Hall–Kier alpha value is -2.75. The summed E-state index contributed by atoms with van der Waals surface area (Å²) in [4.78, 5) is 12.0. The third kappa shape index (κ3) is 5.88. The fourth-order valence-electron chi connectivity index (χ4n) is 2.48. The predicted molar refractivity (Wildman–Crippen MR) is 85.2 cm³/mol. The Bertz CT molecular complexity index is 772. The van der Waals surface area contributed by atoms with Gasteiger partial charge in [-0.3, -0.25) is 4.79 Å². The molecular weight excluding hydrogens is 369 g/mol. The molecule has 1 aromatic carbocycles. The van der Waals surface area contributed by atoms with Crippen LogP contribution in [0.2, 0.25) is 0 Å². The lowest BCUT2D eigenvalue weighted by molar-refractivity contribution is -0.274. The van der Waals surface area contributed by atoms with Crippen LogP contribution in [-0.2, 0) is 11.3 Å². The molecule has 2 aromatic rings. The van der Waals surface area contributed by atoms with Crippen LogP contribution in [0.15, 0.2) is 34.9 Å². The second kappa shape index (κ2) is 8.30. The summed E-state index contributed by atoms with van der Waals surface area (Å²) in [7, 11) is 0. The normalized spacial score (nSPS) is 16.9. The maximum atomic E-state index is 12.2. The van der Waals surface area contributed by atoms with Gasteiger partial charge in [-0.25, -0.2) is 0 Å². The van der Waals surface area contributed by atoms with Gasteiger partial charge in [0.05, 0.1) is 6.61 Å². The lowest BCUT2D eigenvalue weighted by Gasteiger charge is -2.10. The minimum Gasteiger partial charge on any atom is -0.485 e. The van der Waals surface area contributed by atoms with E-state index in [-0.39, 0.29) is 35.6 Å². The summed E-state index contributed by atoms with van der Waals surface area (Å²) in [5.74, 6) is -0.0762. The van der Waals surface area contributed by atoms with Crippen LogP contribution in [0.3, 0.4) is 0 Å². The molecular formula is C17H17F3N2O5. The zero-order valence-electron chi connectivity index (χ0n) is 14.1. The molecule has 1 fully saturated rings. The summed E-state index contributed by atoms with van der Waals surface area (Å²) >= 11 is 0. The van der Waals surface area contributed by atoms with Crippen molar-refractivity contribution in [2.24, 2.45) is 5.92 Å². The number of halogens is 3. The highest BCUT2D eigenvalue weighted by atomic mass is 19.4. The van der Waals surface area contributed by atoms with E-state index in [0.29, 0.717) is 19.8 Å². The van der Waals surface area contributed by atoms with Crippen molar-refractivity contribution in [2.75, 3.05) is 19.8 Å². The van der Waals surface area contributed by atoms with Crippen LogP contribution in [0.4, 0.5) is 13.2 Å². The van der Waals surface area contributed by atoms with E-state index in [1.54, 1.807) is 0 Å². The first-order valence-electron chi connectivity index (χ1n) is 8.19. The molecule has 0 spiro atoms. The van der Waals surface area contributed by atoms with Crippen molar-refractivity contribution < 1.29 is 36.7 Å². The number of nitrogens with one attached hydrogen (secondary N) is 1. The largest absolute Gasteiger partial charge is 0.573 e. The van der Waals surface area contributed by atoms with Gasteiger partial charge in [-0.1, -0.05) is 11.2 Å². The fraction of sp³-hybridized carbons (Fsp3) is 0.412. The zero-order valence-corrected chi connectivity index (χ0v) is 14.1. The molecule has 1 amide bonds. The van der Waals surface area contributed by atoms with E-state index >= 15 is 0 Å².